The molecule has 5 rings (SSSR count). The molecular formula is C18H19F2N3O2S. The number of fused-ring (bicyclic) bond motifs is 3. The summed E-state index contributed by atoms with van der Waals surface area (Å²) in [4.78, 5) is 19.2. The third-order valence-electron chi connectivity index (χ3n) is 5.19. The van der Waals surface area contributed by atoms with Crippen molar-refractivity contribution in [2.24, 2.45) is 11.8 Å². The number of carbonyl (C=O) groups excluding carboxylic acids is 1. The topological polar surface area (TPSA) is 54.5 Å². The fourth-order valence-corrected chi connectivity index (χ4v) is 4.51. The van der Waals surface area contributed by atoms with Crippen molar-refractivity contribution in [2.75, 3.05) is 31.6 Å². The Bertz CT molecular complexity index is 805. The molecule has 3 aliphatic heterocycles. The van der Waals surface area contributed by atoms with Gasteiger partial charge in [0.1, 0.15) is 0 Å². The zero-order valence-corrected chi connectivity index (χ0v) is 14.9. The van der Waals surface area contributed by atoms with Crippen LogP contribution >= 0.6 is 11.3 Å². The van der Waals surface area contributed by atoms with Crippen LogP contribution in [0.5, 0.6) is 0 Å². The number of rotatable bonds is 4. The molecule has 138 valence electrons. The number of nitrogens with zero attached hydrogens (tertiary/aromatic N) is 2. The van der Waals surface area contributed by atoms with Gasteiger partial charge in [0, 0.05) is 12.5 Å². The second-order valence-electron chi connectivity index (χ2n) is 6.78. The highest BCUT2D eigenvalue weighted by Crippen LogP contribution is 2.34. The molecular weight excluding hydrogens is 360 g/mol. The summed E-state index contributed by atoms with van der Waals surface area (Å²) in [5.41, 5.74) is 2.00. The molecule has 0 aliphatic carbocycles. The Morgan fingerprint density at radius 3 is 2.81 bits per heavy atom. The van der Waals surface area contributed by atoms with E-state index in [2.05, 4.69) is 15.2 Å². The van der Waals surface area contributed by atoms with Crippen molar-refractivity contribution in [1.29, 1.82) is 0 Å². The standard InChI is InChI=1S/C18H19F2N3O2S/c19-14-2-1-12(7-15(14)20)16-17(21-10-26-16)22-18(24)25-9-13-8-23-5-3-11(13)4-6-23/h1-2,7,10-11,13H,3-6,8-9H2,(H,22,24). The van der Waals surface area contributed by atoms with Gasteiger partial charge in [-0.2, -0.15) is 0 Å². The molecule has 1 aromatic heterocycles. The van der Waals surface area contributed by atoms with Gasteiger partial charge in [0.2, 0.25) is 0 Å². The predicted octanol–water partition coefficient (Wildman–Crippen LogP) is 3.98. The molecule has 1 unspecified atom stereocenters. The van der Waals surface area contributed by atoms with Gasteiger partial charge in [-0.1, -0.05) is 6.07 Å². The number of hydrogen-bond donors (Lipinski definition) is 1. The number of piperidine rings is 3. The largest absolute Gasteiger partial charge is 0.449 e. The van der Waals surface area contributed by atoms with Gasteiger partial charge in [0.15, 0.2) is 17.5 Å². The van der Waals surface area contributed by atoms with Crippen LogP contribution in [0.2, 0.25) is 0 Å². The second kappa shape index (κ2) is 7.28. The average Bonchev–Trinajstić information content (AvgIpc) is 3.11. The van der Waals surface area contributed by atoms with E-state index in [4.69, 9.17) is 4.74 Å². The number of thiazole rings is 1. The Labute approximate surface area is 154 Å². The molecule has 26 heavy (non-hydrogen) atoms. The SMILES string of the molecule is O=C(Nc1ncsc1-c1ccc(F)c(F)c1)OCC1CN2CCC1CC2. The summed E-state index contributed by atoms with van der Waals surface area (Å²) >= 11 is 1.24. The van der Waals surface area contributed by atoms with Gasteiger partial charge < -0.3 is 9.64 Å². The molecule has 2 aromatic rings. The normalized spacial score (nSPS) is 24.5. The Hall–Kier alpha value is -2.06. The predicted molar refractivity (Wildman–Crippen MR) is 95.1 cm³/mol. The third kappa shape index (κ3) is 3.57. The molecule has 8 heteroatoms. The zero-order valence-electron chi connectivity index (χ0n) is 14.1. The minimum atomic E-state index is -0.938. The van der Waals surface area contributed by atoms with Gasteiger partial charge in [-0.25, -0.2) is 18.6 Å². The molecule has 5 nitrogen and oxygen atoms in total. The first kappa shape index (κ1) is 17.4. The van der Waals surface area contributed by atoms with E-state index in [1.54, 1.807) is 5.51 Å². The van der Waals surface area contributed by atoms with Gasteiger partial charge in [0.25, 0.3) is 0 Å². The van der Waals surface area contributed by atoms with Crippen molar-refractivity contribution in [3.05, 3.63) is 35.3 Å². The van der Waals surface area contributed by atoms with Crippen LogP contribution in [-0.4, -0.2) is 42.2 Å². The molecule has 0 spiro atoms. The smallest absolute Gasteiger partial charge is 0.412 e. The number of carbonyl (C=O) groups is 1. The first-order valence-corrected chi connectivity index (χ1v) is 9.53. The van der Waals surface area contributed by atoms with Crippen molar-refractivity contribution in [1.82, 2.24) is 9.88 Å². The van der Waals surface area contributed by atoms with Crippen LogP contribution in [-0.2, 0) is 4.74 Å². The van der Waals surface area contributed by atoms with Crippen LogP contribution in [0.15, 0.2) is 23.7 Å². The van der Waals surface area contributed by atoms with Crippen LogP contribution in [0.25, 0.3) is 10.4 Å². The van der Waals surface area contributed by atoms with E-state index in [1.807, 2.05) is 0 Å². The summed E-state index contributed by atoms with van der Waals surface area (Å²) in [6, 6.07) is 3.60. The minimum absolute atomic E-state index is 0.292. The summed E-state index contributed by atoms with van der Waals surface area (Å²) in [6.45, 7) is 3.65. The van der Waals surface area contributed by atoms with Crippen LogP contribution in [0.1, 0.15) is 12.8 Å². The number of nitrogens with one attached hydrogen (secondary N) is 1. The van der Waals surface area contributed by atoms with E-state index in [0.717, 1.165) is 31.8 Å². The van der Waals surface area contributed by atoms with Gasteiger partial charge >= 0.3 is 6.09 Å². The maximum Gasteiger partial charge on any atom is 0.412 e. The molecule has 2 bridgehead atoms. The molecule has 3 fully saturated rings. The summed E-state index contributed by atoms with van der Waals surface area (Å²) in [5, 5.41) is 2.62. The first-order valence-electron chi connectivity index (χ1n) is 8.65. The number of halogens is 2. The minimum Gasteiger partial charge on any atom is -0.449 e. The molecule has 0 radical (unpaired) electrons. The maximum absolute atomic E-state index is 13.5. The quantitative estimate of drug-likeness (QED) is 0.873. The van der Waals surface area contributed by atoms with Gasteiger partial charge in [-0.05, 0) is 49.5 Å². The van der Waals surface area contributed by atoms with Crippen molar-refractivity contribution >= 4 is 23.2 Å². The summed E-state index contributed by atoms with van der Waals surface area (Å²) in [6.07, 6.45) is 1.76. The van der Waals surface area contributed by atoms with Crippen molar-refractivity contribution in [2.45, 2.75) is 12.8 Å². The van der Waals surface area contributed by atoms with E-state index in [-0.39, 0.29) is 0 Å². The van der Waals surface area contributed by atoms with Crippen LogP contribution < -0.4 is 5.32 Å². The van der Waals surface area contributed by atoms with E-state index >= 15 is 0 Å². The lowest BCUT2D eigenvalue weighted by atomic mass is 9.79. The number of hydrogen-bond acceptors (Lipinski definition) is 5. The number of anilines is 1. The lowest BCUT2D eigenvalue weighted by Gasteiger charge is -2.44. The number of aromatic nitrogens is 1. The lowest BCUT2D eigenvalue weighted by molar-refractivity contribution is 0.0151. The van der Waals surface area contributed by atoms with Crippen LogP contribution in [0.4, 0.5) is 19.4 Å². The molecule has 1 atom stereocenters. The van der Waals surface area contributed by atoms with Gasteiger partial charge in [-0.15, -0.1) is 11.3 Å². The van der Waals surface area contributed by atoms with E-state index in [1.165, 1.54) is 30.2 Å². The molecule has 1 aromatic carbocycles. The summed E-state index contributed by atoms with van der Waals surface area (Å²) in [5.74, 6) is -0.550. The van der Waals surface area contributed by atoms with E-state index in [0.29, 0.717) is 34.7 Å². The maximum atomic E-state index is 13.5. The number of ether oxygens (including phenoxy) is 1. The average molecular weight is 379 g/mol. The van der Waals surface area contributed by atoms with Crippen molar-refractivity contribution < 1.29 is 18.3 Å². The lowest BCUT2D eigenvalue weighted by Crippen LogP contribution is -2.49. The van der Waals surface area contributed by atoms with E-state index < -0.39 is 17.7 Å². The Kier molecular flexibility index (Phi) is 4.86. The molecule has 0 saturated carbocycles. The van der Waals surface area contributed by atoms with Gasteiger partial charge in [0.05, 0.1) is 17.0 Å². The highest BCUT2D eigenvalue weighted by atomic mass is 32.1. The molecule has 1 N–H and O–H groups in total. The van der Waals surface area contributed by atoms with Gasteiger partial charge in [-0.3, -0.25) is 5.32 Å². The van der Waals surface area contributed by atoms with Crippen molar-refractivity contribution in [3.8, 4) is 10.4 Å². The molecule has 4 heterocycles. The van der Waals surface area contributed by atoms with Crippen molar-refractivity contribution in [3.63, 3.8) is 0 Å². The number of amides is 1. The fraction of sp³-hybridized carbons (Fsp3) is 0.444. The Morgan fingerprint density at radius 2 is 2.12 bits per heavy atom. The second-order valence-corrected chi connectivity index (χ2v) is 7.64. The Morgan fingerprint density at radius 1 is 1.31 bits per heavy atom. The third-order valence-corrected chi connectivity index (χ3v) is 6.07. The summed E-state index contributed by atoms with van der Waals surface area (Å²) < 4.78 is 32.0. The van der Waals surface area contributed by atoms with E-state index in [9.17, 15) is 13.6 Å². The highest BCUT2D eigenvalue weighted by molar-refractivity contribution is 7.13. The molecule has 3 aliphatic rings. The van der Waals surface area contributed by atoms with Crippen LogP contribution in [0, 0.1) is 23.5 Å². The fourth-order valence-electron chi connectivity index (χ4n) is 3.77. The molecule has 1 amide bonds. The zero-order chi connectivity index (χ0) is 18.1. The highest BCUT2D eigenvalue weighted by Gasteiger charge is 2.34. The number of benzene rings is 1. The monoisotopic (exact) mass is 379 g/mol. The van der Waals surface area contributed by atoms with Crippen LogP contribution in [0.3, 0.4) is 0 Å². The summed E-state index contributed by atoms with van der Waals surface area (Å²) in [7, 11) is 0. The first-order chi connectivity index (χ1) is 12.6. The molecule has 3 saturated heterocycles. The Balaban J connectivity index is 1.38.